The summed E-state index contributed by atoms with van der Waals surface area (Å²) in [5.74, 6) is -1.51. The van der Waals surface area contributed by atoms with Crippen molar-refractivity contribution in [3.63, 3.8) is 0 Å². The number of benzene rings is 2. The molecule has 3 rings (SSSR count). The summed E-state index contributed by atoms with van der Waals surface area (Å²) in [6, 6.07) is 16.1. The number of carbonyl (C=O) groups is 2. The van der Waals surface area contributed by atoms with Crippen LogP contribution in [0.5, 0.6) is 0 Å². The average Bonchev–Trinajstić information content (AvgIpc) is 2.86. The molecule has 33 heavy (non-hydrogen) atoms. The molecule has 1 aliphatic heterocycles. The fourth-order valence-corrected chi connectivity index (χ4v) is 3.23. The topological polar surface area (TPSA) is 160 Å². The summed E-state index contributed by atoms with van der Waals surface area (Å²) in [4.78, 5) is 27.8. The number of esters is 2. The standard InChI is InChI=1S/C22H23N3O8/c23-25-24-11-12-30-22-19(33-21(29)15-9-5-2-6-10-15)17(27)18(16(13-26)31-22)32-20(28)14-7-3-1-4-8-14/h1-10,16-19,22,26-27H,11-13H2/t16-,17-,18+,19-,22+/m1/s1. The highest BCUT2D eigenvalue weighted by molar-refractivity contribution is 5.90. The molecule has 0 radical (unpaired) electrons. The Kier molecular flexibility index (Phi) is 8.76. The van der Waals surface area contributed by atoms with E-state index < -0.39 is 49.3 Å². The molecule has 0 bridgehead atoms. The molecule has 5 atom stereocenters. The van der Waals surface area contributed by atoms with Gasteiger partial charge in [0, 0.05) is 11.5 Å². The van der Waals surface area contributed by atoms with Crippen LogP contribution in [0.2, 0.25) is 0 Å². The Morgan fingerprint density at radius 2 is 1.52 bits per heavy atom. The van der Waals surface area contributed by atoms with Crippen molar-refractivity contribution < 1.29 is 38.7 Å². The van der Waals surface area contributed by atoms with Crippen LogP contribution in [0.1, 0.15) is 20.7 Å². The van der Waals surface area contributed by atoms with Gasteiger partial charge in [-0.25, -0.2) is 9.59 Å². The minimum absolute atomic E-state index is 0.0397. The van der Waals surface area contributed by atoms with E-state index in [4.69, 9.17) is 24.5 Å². The van der Waals surface area contributed by atoms with Gasteiger partial charge in [-0.1, -0.05) is 41.5 Å². The third-order valence-corrected chi connectivity index (χ3v) is 4.84. The first-order valence-electron chi connectivity index (χ1n) is 10.1. The van der Waals surface area contributed by atoms with Gasteiger partial charge in [-0.05, 0) is 29.8 Å². The highest BCUT2D eigenvalue weighted by Crippen LogP contribution is 2.28. The van der Waals surface area contributed by atoms with Crippen LogP contribution >= 0.6 is 0 Å². The van der Waals surface area contributed by atoms with Crippen LogP contribution in [0, 0.1) is 0 Å². The van der Waals surface area contributed by atoms with E-state index in [1.54, 1.807) is 36.4 Å². The summed E-state index contributed by atoms with van der Waals surface area (Å²) in [6.45, 7) is -0.755. The van der Waals surface area contributed by atoms with Crippen LogP contribution in [-0.2, 0) is 18.9 Å². The third kappa shape index (κ3) is 6.28. The maximum absolute atomic E-state index is 12.6. The molecular formula is C22H23N3O8. The van der Waals surface area contributed by atoms with E-state index >= 15 is 0 Å². The second kappa shape index (κ2) is 12.0. The average molecular weight is 457 g/mol. The zero-order chi connectivity index (χ0) is 23.6. The quantitative estimate of drug-likeness (QED) is 0.190. The van der Waals surface area contributed by atoms with E-state index in [0.717, 1.165) is 0 Å². The molecule has 11 nitrogen and oxygen atoms in total. The molecule has 0 amide bonds. The molecule has 1 saturated heterocycles. The van der Waals surface area contributed by atoms with Crippen molar-refractivity contribution in [1.29, 1.82) is 0 Å². The van der Waals surface area contributed by atoms with Crippen molar-refractivity contribution in [2.75, 3.05) is 19.8 Å². The molecule has 0 unspecified atom stereocenters. The highest BCUT2D eigenvalue weighted by atomic mass is 16.7. The second-order valence-electron chi connectivity index (χ2n) is 7.01. The number of hydrogen-bond donors (Lipinski definition) is 2. The first kappa shape index (κ1) is 24.2. The lowest BCUT2D eigenvalue weighted by atomic mass is 9.98. The fraction of sp³-hybridized carbons (Fsp3) is 0.364. The Labute approximate surface area is 189 Å². The summed E-state index contributed by atoms with van der Waals surface area (Å²) >= 11 is 0. The summed E-state index contributed by atoms with van der Waals surface area (Å²) in [5.41, 5.74) is 8.87. The fourth-order valence-electron chi connectivity index (χ4n) is 3.23. The summed E-state index contributed by atoms with van der Waals surface area (Å²) in [7, 11) is 0. The zero-order valence-corrected chi connectivity index (χ0v) is 17.5. The van der Waals surface area contributed by atoms with Crippen LogP contribution in [0.15, 0.2) is 65.8 Å². The molecular weight excluding hydrogens is 434 g/mol. The lowest BCUT2D eigenvalue weighted by Gasteiger charge is -2.42. The van der Waals surface area contributed by atoms with Gasteiger partial charge >= 0.3 is 11.9 Å². The predicted octanol–water partition coefficient (Wildman–Crippen LogP) is 1.84. The van der Waals surface area contributed by atoms with Crippen molar-refractivity contribution in [2.45, 2.75) is 30.7 Å². The predicted molar refractivity (Wildman–Crippen MR) is 113 cm³/mol. The van der Waals surface area contributed by atoms with Gasteiger partial charge in [0.15, 0.2) is 18.5 Å². The number of azide groups is 1. The van der Waals surface area contributed by atoms with Crippen molar-refractivity contribution in [3.8, 4) is 0 Å². The summed E-state index contributed by atoms with van der Waals surface area (Å²) < 4.78 is 22.0. The minimum atomic E-state index is -1.58. The third-order valence-electron chi connectivity index (χ3n) is 4.84. The lowest BCUT2D eigenvalue weighted by molar-refractivity contribution is -0.298. The van der Waals surface area contributed by atoms with Crippen LogP contribution in [0.25, 0.3) is 10.4 Å². The first-order chi connectivity index (χ1) is 16.0. The number of aliphatic hydroxyl groups excluding tert-OH is 2. The molecule has 0 aromatic heterocycles. The van der Waals surface area contributed by atoms with Gasteiger partial charge in [0.2, 0.25) is 0 Å². The van der Waals surface area contributed by atoms with E-state index in [0.29, 0.717) is 0 Å². The Hall–Kier alpha value is -3.47. The van der Waals surface area contributed by atoms with Crippen molar-refractivity contribution in [3.05, 3.63) is 82.2 Å². The van der Waals surface area contributed by atoms with E-state index in [-0.39, 0.29) is 24.3 Å². The monoisotopic (exact) mass is 457 g/mol. The molecule has 174 valence electrons. The first-order valence-corrected chi connectivity index (χ1v) is 10.1. The largest absolute Gasteiger partial charge is 0.453 e. The number of carbonyl (C=O) groups excluding carboxylic acids is 2. The maximum Gasteiger partial charge on any atom is 0.338 e. The van der Waals surface area contributed by atoms with Gasteiger partial charge in [-0.15, -0.1) is 0 Å². The molecule has 0 saturated carbocycles. The Balaban J connectivity index is 1.81. The number of hydrogen-bond acceptors (Lipinski definition) is 9. The smallest absolute Gasteiger partial charge is 0.338 e. The van der Waals surface area contributed by atoms with Crippen molar-refractivity contribution >= 4 is 11.9 Å². The van der Waals surface area contributed by atoms with Crippen LogP contribution in [-0.4, -0.2) is 72.6 Å². The Bertz CT molecular complexity index is 968. The summed E-state index contributed by atoms with van der Waals surface area (Å²) in [6.07, 6.45) is -6.82. The molecule has 1 fully saturated rings. The Morgan fingerprint density at radius 1 is 0.970 bits per heavy atom. The normalized spacial score (nSPS) is 24.4. The molecule has 0 aliphatic carbocycles. The van der Waals surface area contributed by atoms with E-state index in [2.05, 4.69) is 10.0 Å². The molecule has 1 aliphatic rings. The molecule has 1 heterocycles. The molecule has 0 spiro atoms. The SMILES string of the molecule is [N-]=[N+]=NCCO[C@H]1O[C@H](CO)[C@H](OC(=O)c2ccccc2)[C@@H](O)[C@H]1OC(=O)c1ccccc1. The zero-order valence-electron chi connectivity index (χ0n) is 17.5. The van der Waals surface area contributed by atoms with E-state index in [1.165, 1.54) is 24.3 Å². The van der Waals surface area contributed by atoms with Gasteiger partial charge < -0.3 is 29.2 Å². The lowest BCUT2D eigenvalue weighted by Crippen LogP contribution is -2.61. The number of rotatable bonds is 9. The van der Waals surface area contributed by atoms with Crippen molar-refractivity contribution in [2.24, 2.45) is 5.11 Å². The molecule has 2 aromatic carbocycles. The van der Waals surface area contributed by atoms with Gasteiger partial charge in [0.05, 0.1) is 24.3 Å². The second-order valence-corrected chi connectivity index (χ2v) is 7.01. The Morgan fingerprint density at radius 3 is 2.03 bits per heavy atom. The molecule has 11 heteroatoms. The van der Waals surface area contributed by atoms with Gasteiger partial charge in [-0.3, -0.25) is 0 Å². The van der Waals surface area contributed by atoms with Crippen molar-refractivity contribution in [1.82, 2.24) is 0 Å². The highest BCUT2D eigenvalue weighted by Gasteiger charge is 2.50. The van der Waals surface area contributed by atoms with Crippen LogP contribution in [0.4, 0.5) is 0 Å². The van der Waals surface area contributed by atoms with Crippen LogP contribution < -0.4 is 0 Å². The minimum Gasteiger partial charge on any atom is -0.453 e. The number of nitrogens with zero attached hydrogens (tertiary/aromatic N) is 3. The number of aliphatic hydroxyl groups is 2. The maximum atomic E-state index is 12.6. The van der Waals surface area contributed by atoms with Gasteiger partial charge in [0.1, 0.15) is 12.2 Å². The van der Waals surface area contributed by atoms with Crippen LogP contribution in [0.3, 0.4) is 0 Å². The van der Waals surface area contributed by atoms with Gasteiger partial charge in [-0.2, -0.15) is 0 Å². The molecule has 2 aromatic rings. The van der Waals surface area contributed by atoms with E-state index in [1.807, 2.05) is 0 Å². The number of ether oxygens (including phenoxy) is 4. The molecule has 2 N–H and O–H groups in total. The summed E-state index contributed by atoms with van der Waals surface area (Å²) in [5, 5.41) is 24.1. The van der Waals surface area contributed by atoms with E-state index in [9.17, 15) is 19.8 Å². The van der Waals surface area contributed by atoms with Gasteiger partial charge in [0.25, 0.3) is 0 Å².